The topological polar surface area (TPSA) is 58.6 Å². The van der Waals surface area contributed by atoms with Crippen molar-refractivity contribution in [2.24, 2.45) is 0 Å². The Bertz CT molecular complexity index is 956. The minimum atomic E-state index is -0.532. The van der Waals surface area contributed by atoms with Gasteiger partial charge in [-0.25, -0.2) is 0 Å². The smallest absolute Gasteiger partial charge is 0.261 e. The molecule has 33 heavy (non-hydrogen) atoms. The van der Waals surface area contributed by atoms with Crippen molar-refractivity contribution >= 4 is 27.7 Å². The van der Waals surface area contributed by atoms with Crippen molar-refractivity contribution < 1.29 is 14.3 Å². The molecular weight excluding hydrogens is 480 g/mol. The zero-order valence-electron chi connectivity index (χ0n) is 19.9. The van der Waals surface area contributed by atoms with Crippen molar-refractivity contribution in [3.63, 3.8) is 0 Å². The summed E-state index contributed by atoms with van der Waals surface area (Å²) in [6, 6.07) is 13.4. The van der Waals surface area contributed by atoms with E-state index in [-0.39, 0.29) is 24.5 Å². The predicted molar refractivity (Wildman–Crippen MR) is 135 cm³/mol. The average molecular weight is 515 g/mol. The monoisotopic (exact) mass is 514 g/mol. The molecule has 5 nitrogen and oxygen atoms in total. The fraction of sp³-hybridized carbons (Fsp3) is 0.481. The predicted octanol–water partition coefficient (Wildman–Crippen LogP) is 5.70. The molecule has 0 saturated heterocycles. The van der Waals surface area contributed by atoms with Gasteiger partial charge in [0.25, 0.3) is 5.91 Å². The molecule has 0 unspecified atom stereocenters. The van der Waals surface area contributed by atoms with E-state index in [4.69, 9.17) is 4.74 Å². The van der Waals surface area contributed by atoms with E-state index in [1.165, 1.54) is 6.42 Å². The summed E-state index contributed by atoms with van der Waals surface area (Å²) in [5.41, 5.74) is 3.17. The number of carbonyl (C=O) groups is 2. The van der Waals surface area contributed by atoms with E-state index in [1.54, 1.807) is 4.90 Å². The van der Waals surface area contributed by atoms with Crippen LogP contribution in [0, 0.1) is 13.8 Å². The molecule has 1 atom stereocenters. The summed E-state index contributed by atoms with van der Waals surface area (Å²) in [5.74, 6) is 0.381. The van der Waals surface area contributed by atoms with Crippen LogP contribution >= 0.6 is 15.9 Å². The molecular formula is C27H35BrN2O3. The van der Waals surface area contributed by atoms with Crippen molar-refractivity contribution in [3.05, 3.63) is 63.6 Å². The van der Waals surface area contributed by atoms with Crippen molar-refractivity contribution in [1.29, 1.82) is 0 Å². The Kier molecular flexibility index (Phi) is 9.36. The first-order valence-electron chi connectivity index (χ1n) is 11.9. The molecule has 1 aliphatic carbocycles. The maximum Gasteiger partial charge on any atom is 0.261 e. The lowest BCUT2D eigenvalue weighted by atomic mass is 9.95. The molecule has 0 spiro atoms. The van der Waals surface area contributed by atoms with E-state index in [1.807, 2.05) is 57.2 Å². The number of hydrogen-bond donors (Lipinski definition) is 1. The van der Waals surface area contributed by atoms with Crippen molar-refractivity contribution in [2.75, 3.05) is 6.61 Å². The second-order valence-corrected chi connectivity index (χ2v) is 9.83. The van der Waals surface area contributed by atoms with Gasteiger partial charge >= 0.3 is 0 Å². The zero-order valence-corrected chi connectivity index (χ0v) is 21.5. The number of aryl methyl sites for hydroxylation is 2. The summed E-state index contributed by atoms with van der Waals surface area (Å²) in [6.45, 7) is 6.23. The van der Waals surface area contributed by atoms with Gasteiger partial charge in [-0.3, -0.25) is 9.59 Å². The molecule has 1 aliphatic rings. The SMILES string of the molecule is CC[C@H](C(=O)NC1CCCCC1)N(Cc1cccc(C)c1)C(=O)COc1ccc(Br)c(C)c1. The van der Waals surface area contributed by atoms with Gasteiger partial charge in [0, 0.05) is 17.1 Å². The molecule has 0 aliphatic heterocycles. The maximum absolute atomic E-state index is 13.4. The van der Waals surface area contributed by atoms with Crippen LogP contribution < -0.4 is 10.1 Å². The number of benzene rings is 2. The van der Waals surface area contributed by atoms with Crippen LogP contribution in [-0.2, 0) is 16.1 Å². The highest BCUT2D eigenvalue weighted by atomic mass is 79.9. The lowest BCUT2D eigenvalue weighted by Crippen LogP contribution is -2.52. The highest BCUT2D eigenvalue weighted by Crippen LogP contribution is 2.22. The summed E-state index contributed by atoms with van der Waals surface area (Å²) in [6.07, 6.45) is 6.10. The summed E-state index contributed by atoms with van der Waals surface area (Å²) in [4.78, 5) is 28.3. The Morgan fingerprint density at radius 2 is 1.88 bits per heavy atom. The first-order valence-corrected chi connectivity index (χ1v) is 12.7. The fourth-order valence-corrected chi connectivity index (χ4v) is 4.65. The van der Waals surface area contributed by atoms with Gasteiger partial charge in [0.2, 0.25) is 5.91 Å². The summed E-state index contributed by atoms with van der Waals surface area (Å²) < 4.78 is 6.82. The van der Waals surface area contributed by atoms with E-state index < -0.39 is 6.04 Å². The Morgan fingerprint density at radius 3 is 2.55 bits per heavy atom. The normalized spacial score (nSPS) is 15.0. The number of ether oxygens (including phenoxy) is 1. The molecule has 1 N–H and O–H groups in total. The molecule has 6 heteroatoms. The number of amides is 2. The molecule has 2 aromatic carbocycles. The van der Waals surface area contributed by atoms with E-state index in [0.29, 0.717) is 18.7 Å². The Balaban J connectivity index is 1.76. The largest absolute Gasteiger partial charge is 0.484 e. The van der Waals surface area contributed by atoms with Gasteiger partial charge in [-0.2, -0.15) is 0 Å². The number of halogens is 1. The van der Waals surface area contributed by atoms with Gasteiger partial charge in [0.15, 0.2) is 6.61 Å². The van der Waals surface area contributed by atoms with Gasteiger partial charge in [-0.1, -0.05) is 71.9 Å². The van der Waals surface area contributed by atoms with Gasteiger partial charge in [-0.05, 0) is 62.4 Å². The van der Waals surface area contributed by atoms with Gasteiger partial charge < -0.3 is 15.0 Å². The Hall–Kier alpha value is -2.34. The van der Waals surface area contributed by atoms with E-state index >= 15 is 0 Å². The highest BCUT2D eigenvalue weighted by Gasteiger charge is 2.30. The van der Waals surface area contributed by atoms with E-state index in [2.05, 4.69) is 27.3 Å². The van der Waals surface area contributed by atoms with Crippen molar-refractivity contribution in [2.45, 2.75) is 77.9 Å². The van der Waals surface area contributed by atoms with Crippen LogP contribution in [0.15, 0.2) is 46.9 Å². The molecule has 2 aromatic rings. The quantitative estimate of drug-likeness (QED) is 0.466. The van der Waals surface area contributed by atoms with E-state index in [9.17, 15) is 9.59 Å². The Labute approximate surface area is 206 Å². The molecule has 1 fully saturated rings. The van der Waals surface area contributed by atoms with Crippen LogP contribution in [0.25, 0.3) is 0 Å². The second kappa shape index (κ2) is 12.2. The number of rotatable bonds is 9. The molecule has 0 aromatic heterocycles. The third kappa shape index (κ3) is 7.32. The van der Waals surface area contributed by atoms with Gasteiger partial charge in [0.05, 0.1) is 0 Å². The standard InChI is InChI=1S/C27H35BrN2O3/c1-4-25(27(32)29-22-11-6-5-7-12-22)30(17-21-10-8-9-19(2)15-21)26(31)18-33-23-13-14-24(28)20(3)16-23/h8-10,13-16,22,25H,4-7,11-12,17-18H2,1-3H3,(H,29,32)/t25-/m1/s1. The van der Waals surface area contributed by atoms with Crippen LogP contribution in [0.3, 0.4) is 0 Å². The lowest BCUT2D eigenvalue weighted by Gasteiger charge is -2.32. The molecule has 178 valence electrons. The first kappa shape index (κ1) is 25.3. The van der Waals surface area contributed by atoms with Gasteiger partial charge in [0.1, 0.15) is 11.8 Å². The second-order valence-electron chi connectivity index (χ2n) is 8.98. The van der Waals surface area contributed by atoms with Crippen molar-refractivity contribution in [3.8, 4) is 5.75 Å². The number of nitrogens with zero attached hydrogens (tertiary/aromatic N) is 1. The van der Waals surface area contributed by atoms with Crippen LogP contribution in [0.1, 0.15) is 62.1 Å². The van der Waals surface area contributed by atoms with Crippen LogP contribution in [0.5, 0.6) is 5.75 Å². The lowest BCUT2D eigenvalue weighted by molar-refractivity contribution is -0.143. The minimum absolute atomic E-state index is 0.0649. The van der Waals surface area contributed by atoms with Crippen LogP contribution in [0.2, 0.25) is 0 Å². The first-order chi connectivity index (χ1) is 15.9. The van der Waals surface area contributed by atoms with Crippen LogP contribution in [-0.4, -0.2) is 35.4 Å². The van der Waals surface area contributed by atoms with Crippen LogP contribution in [0.4, 0.5) is 0 Å². The summed E-state index contributed by atoms with van der Waals surface area (Å²) in [5, 5.41) is 3.21. The Morgan fingerprint density at radius 1 is 1.12 bits per heavy atom. The summed E-state index contributed by atoms with van der Waals surface area (Å²) in [7, 11) is 0. The van der Waals surface area contributed by atoms with Crippen molar-refractivity contribution in [1.82, 2.24) is 10.2 Å². The number of carbonyl (C=O) groups excluding carboxylic acids is 2. The number of hydrogen-bond acceptors (Lipinski definition) is 3. The maximum atomic E-state index is 13.4. The van der Waals surface area contributed by atoms with Gasteiger partial charge in [-0.15, -0.1) is 0 Å². The molecule has 3 rings (SSSR count). The third-order valence-electron chi connectivity index (χ3n) is 6.26. The third-order valence-corrected chi connectivity index (χ3v) is 7.15. The zero-order chi connectivity index (χ0) is 23.8. The summed E-state index contributed by atoms with van der Waals surface area (Å²) >= 11 is 3.49. The number of nitrogens with one attached hydrogen (secondary N) is 1. The fourth-order valence-electron chi connectivity index (χ4n) is 4.41. The molecule has 2 amide bonds. The molecule has 0 radical (unpaired) electrons. The highest BCUT2D eigenvalue weighted by molar-refractivity contribution is 9.10. The van der Waals surface area contributed by atoms with E-state index in [0.717, 1.165) is 46.8 Å². The molecule has 0 heterocycles. The molecule has 0 bridgehead atoms. The average Bonchev–Trinajstić information content (AvgIpc) is 2.80. The minimum Gasteiger partial charge on any atom is -0.484 e. The molecule has 1 saturated carbocycles.